The monoisotopic (exact) mass is 351 g/mol. The normalized spacial score (nSPS) is 12.7. The zero-order valence-electron chi connectivity index (χ0n) is 11.5. The van der Waals surface area contributed by atoms with Gasteiger partial charge in [0.25, 0.3) is 0 Å². The van der Waals surface area contributed by atoms with Crippen LogP contribution in [-0.2, 0) is 10.0 Å². The number of alkyl halides is 1. The van der Waals surface area contributed by atoms with E-state index in [9.17, 15) is 12.8 Å². The molecule has 6 heteroatoms. The molecule has 0 amide bonds. The average molecular weight is 352 g/mol. The van der Waals surface area contributed by atoms with E-state index in [0.29, 0.717) is 22.9 Å². The van der Waals surface area contributed by atoms with Gasteiger partial charge in [0.1, 0.15) is 5.82 Å². The Balaban J connectivity index is 3.22. The molecule has 0 saturated carbocycles. The number of aryl methyl sites for hydroxylation is 2. The van der Waals surface area contributed by atoms with Gasteiger partial charge in [-0.05, 0) is 57.4 Å². The number of hydrogen-bond acceptors (Lipinski definition) is 2. The van der Waals surface area contributed by atoms with Crippen molar-refractivity contribution < 1.29 is 12.8 Å². The predicted octanol–water partition coefficient (Wildman–Crippen LogP) is 3.28. The van der Waals surface area contributed by atoms with Gasteiger partial charge in [-0.2, -0.15) is 0 Å². The van der Waals surface area contributed by atoms with Crippen molar-refractivity contribution in [3.05, 3.63) is 29.1 Å². The Kier molecular flexibility index (Phi) is 5.15. The maximum atomic E-state index is 13.2. The third-order valence-corrected chi connectivity index (χ3v) is 5.22. The number of halogens is 2. The standard InChI is InChI=1S/C13H19BrFNO2S/c1-9-7-11(15)8-10(2)12(9)19(17,18)16-13(3,4)5-6-14/h7-8,16H,5-6H2,1-4H3. The molecule has 1 aromatic rings. The number of nitrogens with one attached hydrogen (secondary N) is 1. The molecule has 1 rings (SSSR count). The maximum Gasteiger partial charge on any atom is 0.241 e. The van der Waals surface area contributed by atoms with E-state index >= 15 is 0 Å². The molecule has 108 valence electrons. The molecule has 0 radical (unpaired) electrons. The number of rotatable bonds is 5. The molecule has 0 unspecified atom stereocenters. The molecule has 0 atom stereocenters. The van der Waals surface area contributed by atoms with Gasteiger partial charge < -0.3 is 0 Å². The van der Waals surface area contributed by atoms with Crippen LogP contribution in [0.25, 0.3) is 0 Å². The largest absolute Gasteiger partial charge is 0.241 e. The van der Waals surface area contributed by atoms with Crippen LogP contribution in [0, 0.1) is 19.7 Å². The van der Waals surface area contributed by atoms with E-state index in [2.05, 4.69) is 20.7 Å². The molecule has 0 spiro atoms. The van der Waals surface area contributed by atoms with Gasteiger partial charge in [-0.3, -0.25) is 0 Å². The first kappa shape index (κ1) is 16.6. The molecule has 0 bridgehead atoms. The Labute approximate surface area is 122 Å². The molecule has 0 saturated heterocycles. The molecule has 19 heavy (non-hydrogen) atoms. The summed E-state index contributed by atoms with van der Waals surface area (Å²) in [5, 5.41) is 0.698. The van der Waals surface area contributed by atoms with Crippen molar-refractivity contribution in [2.24, 2.45) is 0 Å². The maximum absolute atomic E-state index is 13.2. The minimum absolute atomic E-state index is 0.163. The molecular formula is C13H19BrFNO2S. The molecule has 0 fully saturated rings. The lowest BCUT2D eigenvalue weighted by Crippen LogP contribution is -2.44. The zero-order chi connectivity index (χ0) is 14.8. The van der Waals surface area contributed by atoms with E-state index in [4.69, 9.17) is 0 Å². The van der Waals surface area contributed by atoms with Crippen LogP contribution in [0.15, 0.2) is 17.0 Å². The minimum Gasteiger partial charge on any atom is -0.207 e. The van der Waals surface area contributed by atoms with E-state index in [1.807, 2.05) is 13.8 Å². The van der Waals surface area contributed by atoms with Crippen molar-refractivity contribution in [2.75, 3.05) is 5.33 Å². The van der Waals surface area contributed by atoms with Crippen LogP contribution in [0.5, 0.6) is 0 Å². The molecule has 1 aromatic carbocycles. The molecule has 0 aliphatic heterocycles. The van der Waals surface area contributed by atoms with Gasteiger partial charge in [-0.15, -0.1) is 0 Å². The first-order valence-corrected chi connectivity index (χ1v) is 8.56. The summed E-state index contributed by atoms with van der Waals surface area (Å²) in [4.78, 5) is 0.163. The number of benzene rings is 1. The quantitative estimate of drug-likeness (QED) is 0.827. The van der Waals surface area contributed by atoms with Gasteiger partial charge in [0, 0.05) is 10.9 Å². The van der Waals surface area contributed by atoms with Crippen LogP contribution in [0.1, 0.15) is 31.4 Å². The lowest BCUT2D eigenvalue weighted by Gasteiger charge is -2.26. The smallest absolute Gasteiger partial charge is 0.207 e. The highest BCUT2D eigenvalue weighted by molar-refractivity contribution is 9.09. The fraction of sp³-hybridized carbons (Fsp3) is 0.538. The van der Waals surface area contributed by atoms with E-state index in [1.165, 1.54) is 12.1 Å². The molecular weight excluding hydrogens is 333 g/mol. The van der Waals surface area contributed by atoms with Crippen LogP contribution in [0.2, 0.25) is 0 Å². The predicted molar refractivity (Wildman–Crippen MR) is 78.7 cm³/mol. The van der Waals surface area contributed by atoms with Gasteiger partial charge in [0.2, 0.25) is 10.0 Å². The summed E-state index contributed by atoms with van der Waals surface area (Å²) in [6.07, 6.45) is 0.658. The first-order valence-electron chi connectivity index (χ1n) is 5.96. The number of hydrogen-bond donors (Lipinski definition) is 1. The van der Waals surface area contributed by atoms with Crippen LogP contribution in [0.3, 0.4) is 0 Å². The van der Waals surface area contributed by atoms with Crippen molar-refractivity contribution >= 4 is 26.0 Å². The van der Waals surface area contributed by atoms with Crippen molar-refractivity contribution in [3.63, 3.8) is 0 Å². The lowest BCUT2D eigenvalue weighted by atomic mass is 10.0. The fourth-order valence-electron chi connectivity index (χ4n) is 2.02. The van der Waals surface area contributed by atoms with E-state index in [-0.39, 0.29) is 4.90 Å². The molecule has 1 N–H and O–H groups in total. The Bertz CT molecular complexity index is 547. The summed E-state index contributed by atoms with van der Waals surface area (Å²) in [7, 11) is -3.66. The first-order chi connectivity index (χ1) is 8.59. The third kappa shape index (κ3) is 4.26. The van der Waals surface area contributed by atoms with Crippen molar-refractivity contribution in [1.29, 1.82) is 0 Å². The van der Waals surface area contributed by atoms with Crippen LogP contribution < -0.4 is 4.72 Å². The van der Waals surface area contributed by atoms with E-state index in [0.717, 1.165) is 0 Å². The topological polar surface area (TPSA) is 46.2 Å². The third-order valence-electron chi connectivity index (χ3n) is 2.82. The lowest BCUT2D eigenvalue weighted by molar-refractivity contribution is 0.443. The average Bonchev–Trinajstić information content (AvgIpc) is 2.11. The Morgan fingerprint density at radius 2 is 1.74 bits per heavy atom. The van der Waals surface area contributed by atoms with Gasteiger partial charge in [-0.25, -0.2) is 17.5 Å². The van der Waals surface area contributed by atoms with Crippen LogP contribution in [0.4, 0.5) is 4.39 Å². The Morgan fingerprint density at radius 1 is 1.26 bits per heavy atom. The van der Waals surface area contributed by atoms with Gasteiger partial charge in [-0.1, -0.05) is 15.9 Å². The molecule has 3 nitrogen and oxygen atoms in total. The van der Waals surface area contributed by atoms with E-state index in [1.54, 1.807) is 13.8 Å². The SMILES string of the molecule is Cc1cc(F)cc(C)c1S(=O)(=O)NC(C)(C)CCBr. The van der Waals surface area contributed by atoms with Crippen molar-refractivity contribution in [2.45, 2.75) is 44.6 Å². The highest BCUT2D eigenvalue weighted by atomic mass is 79.9. The van der Waals surface area contributed by atoms with Crippen molar-refractivity contribution in [1.82, 2.24) is 4.72 Å². The summed E-state index contributed by atoms with van der Waals surface area (Å²) in [6, 6.07) is 2.47. The fourth-order valence-corrected chi connectivity index (χ4v) is 4.91. The summed E-state index contributed by atoms with van der Waals surface area (Å²) in [5.74, 6) is -0.423. The van der Waals surface area contributed by atoms with Gasteiger partial charge in [0.05, 0.1) is 4.90 Å². The summed E-state index contributed by atoms with van der Waals surface area (Å²) in [5.41, 5.74) is 0.273. The van der Waals surface area contributed by atoms with Crippen LogP contribution >= 0.6 is 15.9 Å². The second-order valence-electron chi connectivity index (χ2n) is 5.30. The van der Waals surface area contributed by atoms with Crippen LogP contribution in [-0.4, -0.2) is 19.3 Å². The van der Waals surface area contributed by atoms with Gasteiger partial charge >= 0.3 is 0 Å². The Morgan fingerprint density at radius 3 is 2.16 bits per heavy atom. The summed E-state index contributed by atoms with van der Waals surface area (Å²) in [6.45, 7) is 6.84. The minimum atomic E-state index is -3.66. The van der Waals surface area contributed by atoms with E-state index < -0.39 is 21.4 Å². The van der Waals surface area contributed by atoms with Gasteiger partial charge in [0.15, 0.2) is 0 Å². The second kappa shape index (κ2) is 5.89. The summed E-state index contributed by atoms with van der Waals surface area (Å²) < 4.78 is 40.8. The molecule has 0 aliphatic rings. The Hall–Kier alpha value is -0.460. The molecule has 0 heterocycles. The summed E-state index contributed by atoms with van der Waals surface area (Å²) >= 11 is 3.30. The highest BCUT2D eigenvalue weighted by Crippen LogP contribution is 2.23. The second-order valence-corrected chi connectivity index (χ2v) is 7.71. The molecule has 0 aromatic heterocycles. The molecule has 0 aliphatic carbocycles. The van der Waals surface area contributed by atoms with Crippen molar-refractivity contribution in [3.8, 4) is 0 Å². The number of sulfonamides is 1. The zero-order valence-corrected chi connectivity index (χ0v) is 14.0. The highest BCUT2D eigenvalue weighted by Gasteiger charge is 2.28.